The lowest BCUT2D eigenvalue weighted by Gasteiger charge is -2.31. The highest BCUT2D eigenvalue weighted by Gasteiger charge is 2.22. The molecule has 0 unspecified atom stereocenters. The molecule has 1 aromatic carbocycles. The highest BCUT2D eigenvalue weighted by atomic mass is 16.2. The van der Waals surface area contributed by atoms with E-state index in [0.717, 1.165) is 18.5 Å². The average Bonchev–Trinajstić information content (AvgIpc) is 3.09. The smallest absolute Gasteiger partial charge is 0.253 e. The lowest BCUT2D eigenvalue weighted by Crippen LogP contribution is -2.38. The molecule has 1 amide bonds. The van der Waals surface area contributed by atoms with Crippen LogP contribution in [0.1, 0.15) is 42.5 Å². The van der Waals surface area contributed by atoms with Crippen LogP contribution in [0.3, 0.4) is 0 Å². The maximum atomic E-state index is 12.5. The molecule has 1 aromatic heterocycles. The molecule has 6 nitrogen and oxygen atoms in total. The zero-order chi connectivity index (χ0) is 14.7. The van der Waals surface area contributed by atoms with Crippen LogP contribution in [-0.4, -0.2) is 44.1 Å². The maximum Gasteiger partial charge on any atom is 0.253 e. The van der Waals surface area contributed by atoms with E-state index in [1.807, 2.05) is 36.2 Å². The molecular weight excluding hydrogens is 266 g/mol. The highest BCUT2D eigenvalue weighted by molar-refractivity contribution is 5.94. The van der Waals surface area contributed by atoms with E-state index in [1.54, 1.807) is 4.68 Å². The van der Waals surface area contributed by atoms with Crippen LogP contribution in [0.15, 0.2) is 30.6 Å². The van der Waals surface area contributed by atoms with Crippen molar-refractivity contribution in [3.63, 3.8) is 0 Å². The minimum atomic E-state index is 0.0881. The first-order valence-electron chi connectivity index (χ1n) is 7.36. The van der Waals surface area contributed by atoms with Crippen molar-refractivity contribution in [3.8, 4) is 5.69 Å². The lowest BCUT2D eigenvalue weighted by atomic mass is 9.94. The van der Waals surface area contributed by atoms with Crippen LogP contribution in [0.5, 0.6) is 0 Å². The third kappa shape index (κ3) is 2.94. The molecule has 3 rings (SSSR count). The molecule has 110 valence electrons. The summed E-state index contributed by atoms with van der Waals surface area (Å²) in [6.45, 7) is 0. The summed E-state index contributed by atoms with van der Waals surface area (Å²) in [7, 11) is 1.91. The van der Waals surface area contributed by atoms with Crippen LogP contribution in [0.2, 0.25) is 0 Å². The number of hydrogen-bond donors (Lipinski definition) is 0. The van der Waals surface area contributed by atoms with Gasteiger partial charge in [-0.15, -0.1) is 5.10 Å². The van der Waals surface area contributed by atoms with Crippen molar-refractivity contribution in [2.75, 3.05) is 7.05 Å². The molecule has 2 aromatic rings. The fourth-order valence-electron chi connectivity index (χ4n) is 2.87. The van der Waals surface area contributed by atoms with Gasteiger partial charge in [0.15, 0.2) is 0 Å². The number of carbonyl (C=O) groups is 1. The second-order valence-electron chi connectivity index (χ2n) is 5.51. The third-order valence-electron chi connectivity index (χ3n) is 4.17. The van der Waals surface area contributed by atoms with E-state index < -0.39 is 0 Å². The van der Waals surface area contributed by atoms with E-state index in [-0.39, 0.29) is 5.91 Å². The SMILES string of the molecule is CN(C(=O)c1ccc(-n2cnnn2)cc1)C1CCCCC1. The summed E-state index contributed by atoms with van der Waals surface area (Å²) in [4.78, 5) is 14.4. The van der Waals surface area contributed by atoms with Gasteiger partial charge in [0.1, 0.15) is 6.33 Å². The number of amides is 1. The lowest BCUT2D eigenvalue weighted by molar-refractivity contribution is 0.0696. The number of carbonyl (C=O) groups excluding carboxylic acids is 1. The molecular formula is C15H19N5O. The first-order valence-corrected chi connectivity index (χ1v) is 7.36. The Kier molecular flexibility index (Phi) is 3.94. The predicted octanol–water partition coefficient (Wildman–Crippen LogP) is 2.07. The molecule has 0 atom stereocenters. The first kappa shape index (κ1) is 13.7. The molecule has 6 heteroatoms. The summed E-state index contributed by atoms with van der Waals surface area (Å²) in [5, 5.41) is 11.0. The number of rotatable bonds is 3. The Bertz CT molecular complexity index is 587. The van der Waals surface area contributed by atoms with E-state index in [2.05, 4.69) is 15.5 Å². The van der Waals surface area contributed by atoms with Crippen molar-refractivity contribution in [1.29, 1.82) is 0 Å². The van der Waals surface area contributed by atoms with Crippen LogP contribution in [0, 0.1) is 0 Å². The maximum absolute atomic E-state index is 12.5. The Balaban J connectivity index is 1.72. The molecule has 1 aliphatic rings. The predicted molar refractivity (Wildman–Crippen MR) is 78.1 cm³/mol. The molecule has 0 saturated heterocycles. The Labute approximate surface area is 123 Å². The Morgan fingerprint density at radius 3 is 2.52 bits per heavy atom. The van der Waals surface area contributed by atoms with Crippen LogP contribution in [0.4, 0.5) is 0 Å². The van der Waals surface area contributed by atoms with Crippen molar-refractivity contribution < 1.29 is 4.79 Å². The minimum absolute atomic E-state index is 0.0881. The molecule has 1 fully saturated rings. The van der Waals surface area contributed by atoms with Gasteiger partial charge in [0.25, 0.3) is 5.91 Å². The van der Waals surface area contributed by atoms with Gasteiger partial charge in [0.2, 0.25) is 0 Å². The largest absolute Gasteiger partial charge is 0.339 e. The summed E-state index contributed by atoms with van der Waals surface area (Å²) in [6.07, 6.45) is 7.50. The van der Waals surface area contributed by atoms with Gasteiger partial charge in [-0.3, -0.25) is 4.79 Å². The molecule has 1 saturated carbocycles. The summed E-state index contributed by atoms with van der Waals surface area (Å²) in [6, 6.07) is 7.76. The van der Waals surface area contributed by atoms with Gasteiger partial charge < -0.3 is 4.90 Å². The van der Waals surface area contributed by atoms with Gasteiger partial charge in [-0.05, 0) is 47.5 Å². The van der Waals surface area contributed by atoms with E-state index >= 15 is 0 Å². The number of nitrogens with zero attached hydrogens (tertiary/aromatic N) is 5. The van der Waals surface area contributed by atoms with Crippen molar-refractivity contribution in [2.45, 2.75) is 38.1 Å². The van der Waals surface area contributed by atoms with Gasteiger partial charge in [-0.2, -0.15) is 0 Å². The Morgan fingerprint density at radius 2 is 1.90 bits per heavy atom. The first-order chi connectivity index (χ1) is 10.3. The molecule has 1 heterocycles. The van der Waals surface area contributed by atoms with Crippen molar-refractivity contribution in [1.82, 2.24) is 25.1 Å². The van der Waals surface area contributed by atoms with Gasteiger partial charge in [-0.25, -0.2) is 4.68 Å². The molecule has 0 N–H and O–H groups in total. The zero-order valence-corrected chi connectivity index (χ0v) is 12.1. The van der Waals surface area contributed by atoms with Crippen molar-refractivity contribution in [2.24, 2.45) is 0 Å². The Morgan fingerprint density at radius 1 is 1.19 bits per heavy atom. The second-order valence-corrected chi connectivity index (χ2v) is 5.51. The molecule has 0 spiro atoms. The monoisotopic (exact) mass is 285 g/mol. The van der Waals surface area contributed by atoms with Crippen LogP contribution in [0.25, 0.3) is 5.69 Å². The fraction of sp³-hybridized carbons (Fsp3) is 0.467. The summed E-state index contributed by atoms with van der Waals surface area (Å²) >= 11 is 0. The van der Waals surface area contributed by atoms with Gasteiger partial charge in [-0.1, -0.05) is 19.3 Å². The third-order valence-corrected chi connectivity index (χ3v) is 4.17. The fourth-order valence-corrected chi connectivity index (χ4v) is 2.87. The molecule has 1 aliphatic carbocycles. The summed E-state index contributed by atoms with van der Waals surface area (Å²) in [5.41, 5.74) is 1.55. The molecule has 0 aliphatic heterocycles. The van der Waals surface area contributed by atoms with E-state index in [9.17, 15) is 4.79 Å². The number of hydrogen-bond acceptors (Lipinski definition) is 4. The molecule has 0 radical (unpaired) electrons. The van der Waals surface area contributed by atoms with Crippen LogP contribution in [-0.2, 0) is 0 Å². The van der Waals surface area contributed by atoms with E-state index in [1.165, 1.54) is 25.6 Å². The van der Waals surface area contributed by atoms with Gasteiger partial charge in [0, 0.05) is 18.7 Å². The van der Waals surface area contributed by atoms with E-state index in [0.29, 0.717) is 11.6 Å². The second kappa shape index (κ2) is 6.03. The quantitative estimate of drug-likeness (QED) is 0.866. The van der Waals surface area contributed by atoms with Crippen molar-refractivity contribution in [3.05, 3.63) is 36.2 Å². The number of aromatic nitrogens is 4. The Hall–Kier alpha value is -2.24. The van der Waals surface area contributed by atoms with E-state index in [4.69, 9.17) is 0 Å². The molecule has 0 bridgehead atoms. The van der Waals surface area contributed by atoms with Gasteiger partial charge >= 0.3 is 0 Å². The summed E-state index contributed by atoms with van der Waals surface area (Å²) < 4.78 is 1.57. The van der Waals surface area contributed by atoms with Gasteiger partial charge in [0.05, 0.1) is 5.69 Å². The van der Waals surface area contributed by atoms with Crippen LogP contribution >= 0.6 is 0 Å². The molecule has 21 heavy (non-hydrogen) atoms. The number of benzene rings is 1. The normalized spacial score (nSPS) is 15.9. The average molecular weight is 285 g/mol. The topological polar surface area (TPSA) is 63.9 Å². The minimum Gasteiger partial charge on any atom is -0.339 e. The highest BCUT2D eigenvalue weighted by Crippen LogP contribution is 2.23. The zero-order valence-electron chi connectivity index (χ0n) is 12.1. The standard InChI is InChI=1S/C15H19N5O/c1-19(13-5-3-2-4-6-13)15(21)12-7-9-14(10-8-12)20-11-16-17-18-20/h7-11,13H,2-6H2,1H3. The van der Waals surface area contributed by atoms with Crippen molar-refractivity contribution >= 4 is 5.91 Å². The summed E-state index contributed by atoms with van der Waals surface area (Å²) in [5.74, 6) is 0.0881. The van der Waals surface area contributed by atoms with Crippen LogP contribution < -0.4 is 0 Å². The number of tetrazole rings is 1.